The zero-order valence-corrected chi connectivity index (χ0v) is 12.6. The number of benzene rings is 1. The molecule has 0 atom stereocenters. The van der Waals surface area contributed by atoms with Crippen molar-refractivity contribution in [3.05, 3.63) is 58.9 Å². The summed E-state index contributed by atoms with van der Waals surface area (Å²) in [4.78, 5) is 16.6. The fraction of sp³-hybridized carbons (Fsp3) is 0.200. The van der Waals surface area contributed by atoms with Crippen LogP contribution in [0.2, 0.25) is 5.15 Å². The van der Waals surface area contributed by atoms with Crippen molar-refractivity contribution in [2.24, 2.45) is 0 Å². The SMILES string of the molecule is Cc1ccc(SCC(=O)OCc2ccc(Cl)nc2)cc1. The molecule has 0 bridgehead atoms. The summed E-state index contributed by atoms with van der Waals surface area (Å²) in [6.07, 6.45) is 1.60. The zero-order valence-electron chi connectivity index (χ0n) is 11.0. The van der Waals surface area contributed by atoms with E-state index in [1.165, 1.54) is 17.3 Å². The molecule has 20 heavy (non-hydrogen) atoms. The Morgan fingerprint density at radius 2 is 2.00 bits per heavy atom. The second-order valence-corrected chi connectivity index (χ2v) is 5.69. The van der Waals surface area contributed by atoms with E-state index in [4.69, 9.17) is 16.3 Å². The molecule has 1 aromatic heterocycles. The summed E-state index contributed by atoms with van der Waals surface area (Å²) in [6.45, 7) is 2.25. The standard InChI is InChI=1S/C15H14ClNO2S/c1-11-2-5-13(6-3-11)20-10-15(18)19-9-12-4-7-14(16)17-8-12/h2-8H,9-10H2,1H3. The number of pyridine rings is 1. The quantitative estimate of drug-likeness (QED) is 0.477. The fourth-order valence-corrected chi connectivity index (χ4v) is 2.28. The van der Waals surface area contributed by atoms with Gasteiger partial charge in [0.1, 0.15) is 11.8 Å². The summed E-state index contributed by atoms with van der Waals surface area (Å²) >= 11 is 7.14. The molecule has 104 valence electrons. The molecule has 0 fully saturated rings. The average Bonchev–Trinajstić information content (AvgIpc) is 2.46. The van der Waals surface area contributed by atoms with Crippen molar-refractivity contribution in [3.63, 3.8) is 0 Å². The first-order chi connectivity index (χ1) is 9.63. The van der Waals surface area contributed by atoms with Gasteiger partial charge in [-0.25, -0.2) is 4.98 Å². The van der Waals surface area contributed by atoms with Gasteiger partial charge in [0.25, 0.3) is 0 Å². The number of halogens is 1. The molecule has 0 aliphatic carbocycles. The van der Waals surface area contributed by atoms with Crippen LogP contribution in [-0.4, -0.2) is 16.7 Å². The van der Waals surface area contributed by atoms with E-state index < -0.39 is 0 Å². The molecule has 0 radical (unpaired) electrons. The van der Waals surface area contributed by atoms with Crippen molar-refractivity contribution in [2.45, 2.75) is 18.4 Å². The Hall–Kier alpha value is -1.52. The van der Waals surface area contributed by atoms with Gasteiger partial charge in [0, 0.05) is 16.7 Å². The summed E-state index contributed by atoms with van der Waals surface area (Å²) in [5, 5.41) is 0.426. The first kappa shape index (κ1) is 14.9. The van der Waals surface area contributed by atoms with Gasteiger partial charge in [0.2, 0.25) is 0 Å². The third-order valence-electron chi connectivity index (χ3n) is 2.57. The topological polar surface area (TPSA) is 39.2 Å². The number of aromatic nitrogens is 1. The van der Waals surface area contributed by atoms with E-state index in [0.29, 0.717) is 10.9 Å². The van der Waals surface area contributed by atoms with E-state index in [0.717, 1.165) is 10.5 Å². The maximum atomic E-state index is 11.6. The third kappa shape index (κ3) is 4.87. The molecule has 3 nitrogen and oxygen atoms in total. The van der Waals surface area contributed by atoms with Crippen LogP contribution in [0.3, 0.4) is 0 Å². The Bertz CT molecular complexity index is 518. The molecular formula is C15H14ClNO2S. The van der Waals surface area contributed by atoms with Crippen LogP contribution in [-0.2, 0) is 16.1 Å². The Morgan fingerprint density at radius 1 is 1.25 bits per heavy atom. The predicted molar refractivity (Wildman–Crippen MR) is 80.9 cm³/mol. The van der Waals surface area contributed by atoms with Crippen LogP contribution in [0.4, 0.5) is 0 Å². The summed E-state index contributed by atoms with van der Waals surface area (Å²) in [7, 11) is 0. The number of thioether (sulfide) groups is 1. The van der Waals surface area contributed by atoms with Crippen LogP contribution in [0.25, 0.3) is 0 Å². The van der Waals surface area contributed by atoms with Crippen LogP contribution in [0.5, 0.6) is 0 Å². The largest absolute Gasteiger partial charge is 0.460 e. The monoisotopic (exact) mass is 307 g/mol. The van der Waals surface area contributed by atoms with Crippen molar-refractivity contribution < 1.29 is 9.53 Å². The minimum absolute atomic E-state index is 0.220. The summed E-state index contributed by atoms with van der Waals surface area (Å²) in [5.74, 6) is 0.0508. The number of ether oxygens (including phenoxy) is 1. The molecule has 1 aromatic carbocycles. The second-order valence-electron chi connectivity index (χ2n) is 4.25. The van der Waals surface area contributed by atoms with Crippen LogP contribution in [0, 0.1) is 6.92 Å². The number of hydrogen-bond donors (Lipinski definition) is 0. The van der Waals surface area contributed by atoms with Crippen molar-refractivity contribution in [2.75, 3.05) is 5.75 Å². The summed E-state index contributed by atoms with van der Waals surface area (Å²) < 4.78 is 5.17. The Labute approximate surface area is 127 Å². The Morgan fingerprint density at radius 3 is 2.65 bits per heavy atom. The van der Waals surface area contributed by atoms with Gasteiger partial charge in [-0.1, -0.05) is 35.4 Å². The number of esters is 1. The van der Waals surface area contributed by atoms with E-state index >= 15 is 0 Å². The summed E-state index contributed by atoms with van der Waals surface area (Å²) in [5.41, 5.74) is 2.02. The Kier molecular flexibility index (Phi) is 5.44. The number of aryl methyl sites for hydroxylation is 1. The maximum absolute atomic E-state index is 11.6. The molecule has 0 unspecified atom stereocenters. The van der Waals surface area contributed by atoms with Gasteiger partial charge in [0.05, 0.1) is 5.75 Å². The van der Waals surface area contributed by atoms with E-state index in [1.807, 2.05) is 31.2 Å². The first-order valence-electron chi connectivity index (χ1n) is 6.09. The number of carbonyl (C=O) groups excluding carboxylic acids is 1. The zero-order chi connectivity index (χ0) is 14.4. The van der Waals surface area contributed by atoms with Gasteiger partial charge >= 0.3 is 5.97 Å². The molecule has 0 aliphatic heterocycles. The van der Waals surface area contributed by atoms with Gasteiger partial charge in [-0.15, -0.1) is 11.8 Å². The van der Waals surface area contributed by atoms with Crippen molar-refractivity contribution in [1.29, 1.82) is 0 Å². The molecule has 0 saturated carbocycles. The van der Waals surface area contributed by atoms with Crippen LogP contribution in [0.15, 0.2) is 47.5 Å². The lowest BCUT2D eigenvalue weighted by Gasteiger charge is -2.05. The lowest BCUT2D eigenvalue weighted by Crippen LogP contribution is -2.07. The van der Waals surface area contributed by atoms with E-state index in [9.17, 15) is 4.79 Å². The predicted octanol–water partition coefficient (Wildman–Crippen LogP) is 3.88. The van der Waals surface area contributed by atoms with E-state index in [1.54, 1.807) is 18.3 Å². The van der Waals surface area contributed by atoms with Gasteiger partial charge in [-0.3, -0.25) is 4.79 Å². The van der Waals surface area contributed by atoms with Gasteiger partial charge in [-0.2, -0.15) is 0 Å². The van der Waals surface area contributed by atoms with E-state index in [-0.39, 0.29) is 12.6 Å². The molecule has 0 N–H and O–H groups in total. The highest BCUT2D eigenvalue weighted by atomic mass is 35.5. The molecule has 2 rings (SSSR count). The van der Waals surface area contributed by atoms with Gasteiger partial charge in [0.15, 0.2) is 0 Å². The molecule has 0 amide bonds. The number of carbonyl (C=O) groups is 1. The molecule has 2 aromatic rings. The molecule has 0 aliphatic rings. The molecule has 0 spiro atoms. The number of hydrogen-bond acceptors (Lipinski definition) is 4. The maximum Gasteiger partial charge on any atom is 0.316 e. The first-order valence-corrected chi connectivity index (χ1v) is 7.45. The van der Waals surface area contributed by atoms with Gasteiger partial charge < -0.3 is 4.74 Å². The highest BCUT2D eigenvalue weighted by Crippen LogP contribution is 2.18. The minimum atomic E-state index is -0.245. The van der Waals surface area contributed by atoms with Crippen LogP contribution >= 0.6 is 23.4 Å². The minimum Gasteiger partial charge on any atom is -0.460 e. The fourth-order valence-electron chi connectivity index (χ4n) is 1.47. The van der Waals surface area contributed by atoms with Crippen LogP contribution < -0.4 is 0 Å². The van der Waals surface area contributed by atoms with E-state index in [2.05, 4.69) is 4.98 Å². The smallest absolute Gasteiger partial charge is 0.316 e. The third-order valence-corrected chi connectivity index (χ3v) is 3.78. The highest BCUT2D eigenvalue weighted by Gasteiger charge is 2.05. The number of nitrogens with zero attached hydrogens (tertiary/aromatic N) is 1. The molecule has 0 saturated heterocycles. The summed E-state index contributed by atoms with van der Waals surface area (Å²) in [6, 6.07) is 11.5. The number of rotatable bonds is 5. The van der Waals surface area contributed by atoms with Crippen LogP contribution in [0.1, 0.15) is 11.1 Å². The lowest BCUT2D eigenvalue weighted by atomic mass is 10.2. The van der Waals surface area contributed by atoms with Crippen molar-refractivity contribution in [1.82, 2.24) is 4.98 Å². The van der Waals surface area contributed by atoms with Crippen molar-refractivity contribution in [3.8, 4) is 0 Å². The Balaban J connectivity index is 1.75. The molecular weight excluding hydrogens is 294 g/mol. The molecule has 1 heterocycles. The second kappa shape index (κ2) is 7.31. The average molecular weight is 308 g/mol. The normalized spacial score (nSPS) is 10.3. The van der Waals surface area contributed by atoms with Gasteiger partial charge in [-0.05, 0) is 25.1 Å². The molecule has 5 heteroatoms. The highest BCUT2D eigenvalue weighted by molar-refractivity contribution is 8.00. The van der Waals surface area contributed by atoms with Crippen molar-refractivity contribution >= 4 is 29.3 Å². The lowest BCUT2D eigenvalue weighted by molar-refractivity contribution is -0.141.